The van der Waals surface area contributed by atoms with Gasteiger partial charge in [0.1, 0.15) is 23.7 Å². The van der Waals surface area contributed by atoms with E-state index in [1.165, 1.54) is 30.1 Å². The Morgan fingerprint density at radius 1 is 1.20 bits per heavy atom. The molecule has 0 unspecified atom stereocenters. The van der Waals surface area contributed by atoms with Crippen LogP contribution in [-0.4, -0.2) is 29.2 Å². The van der Waals surface area contributed by atoms with Crippen LogP contribution in [0.3, 0.4) is 0 Å². The third-order valence-corrected chi connectivity index (χ3v) is 4.97. The molecule has 3 aromatic rings. The molecule has 0 atom stereocenters. The zero-order chi connectivity index (χ0) is 21.5. The van der Waals surface area contributed by atoms with Crippen molar-refractivity contribution in [2.24, 2.45) is 0 Å². The summed E-state index contributed by atoms with van der Waals surface area (Å²) < 4.78 is 24.0. The van der Waals surface area contributed by atoms with Crippen molar-refractivity contribution < 1.29 is 18.7 Å². The normalized spacial score (nSPS) is 10.5. The van der Waals surface area contributed by atoms with Gasteiger partial charge in [-0.25, -0.2) is 9.37 Å². The van der Waals surface area contributed by atoms with Crippen molar-refractivity contribution >= 4 is 29.3 Å². The smallest absolute Gasteiger partial charge is 0.258 e. The van der Waals surface area contributed by atoms with E-state index in [0.29, 0.717) is 15.9 Å². The maximum absolute atomic E-state index is 13.0. The van der Waals surface area contributed by atoms with Gasteiger partial charge in [0.05, 0.1) is 12.1 Å². The highest BCUT2D eigenvalue weighted by atomic mass is 35.5. The van der Waals surface area contributed by atoms with Gasteiger partial charge in [-0.05, 0) is 41.6 Å². The Bertz CT molecular complexity index is 1030. The molecule has 0 saturated carbocycles. The summed E-state index contributed by atoms with van der Waals surface area (Å²) in [6.07, 6.45) is 3.26. The number of nitrogens with zero attached hydrogens (tertiary/aromatic N) is 2. The Morgan fingerprint density at radius 3 is 2.60 bits per heavy atom. The standard InChI is InChI=1S/C21H19ClFN3O3S/c1-28-18-8-5-14(9-17(18)22)12-29-20-16(11-25-21(26-20)30-2)19(27)24-10-13-3-6-15(23)7-4-13/h3-9,11H,10,12H2,1-2H3,(H,24,27). The number of aromatic nitrogens is 2. The number of hydrogen-bond acceptors (Lipinski definition) is 6. The molecule has 0 saturated heterocycles. The van der Waals surface area contributed by atoms with E-state index >= 15 is 0 Å². The van der Waals surface area contributed by atoms with E-state index in [0.717, 1.165) is 11.1 Å². The number of benzene rings is 2. The van der Waals surface area contributed by atoms with Crippen molar-refractivity contribution in [3.05, 3.63) is 76.2 Å². The predicted molar refractivity (Wildman–Crippen MR) is 114 cm³/mol. The molecule has 30 heavy (non-hydrogen) atoms. The topological polar surface area (TPSA) is 73.3 Å². The molecule has 1 heterocycles. The van der Waals surface area contributed by atoms with Gasteiger partial charge in [0.25, 0.3) is 5.91 Å². The Labute approximate surface area is 182 Å². The van der Waals surface area contributed by atoms with Crippen LogP contribution in [0.4, 0.5) is 4.39 Å². The average Bonchev–Trinajstić information content (AvgIpc) is 2.77. The molecule has 2 aromatic carbocycles. The molecule has 6 nitrogen and oxygen atoms in total. The Balaban J connectivity index is 1.73. The van der Waals surface area contributed by atoms with Gasteiger partial charge in [-0.1, -0.05) is 41.6 Å². The lowest BCUT2D eigenvalue weighted by atomic mass is 10.2. The SMILES string of the molecule is COc1ccc(COc2nc(SC)ncc2C(=O)NCc2ccc(F)cc2)cc1Cl. The number of methoxy groups -OCH3 is 1. The van der Waals surface area contributed by atoms with Crippen LogP contribution >= 0.6 is 23.4 Å². The summed E-state index contributed by atoms with van der Waals surface area (Å²) in [5, 5.41) is 3.71. The zero-order valence-electron chi connectivity index (χ0n) is 16.3. The summed E-state index contributed by atoms with van der Waals surface area (Å²) in [6, 6.07) is 11.2. The van der Waals surface area contributed by atoms with Crippen LogP contribution in [0.2, 0.25) is 5.02 Å². The second-order valence-corrected chi connectivity index (χ2v) is 7.32. The minimum absolute atomic E-state index is 0.160. The van der Waals surface area contributed by atoms with Gasteiger partial charge < -0.3 is 14.8 Å². The highest BCUT2D eigenvalue weighted by molar-refractivity contribution is 7.98. The molecular formula is C21H19ClFN3O3S. The van der Waals surface area contributed by atoms with Crippen LogP contribution in [0.1, 0.15) is 21.5 Å². The highest BCUT2D eigenvalue weighted by Gasteiger charge is 2.16. The van der Waals surface area contributed by atoms with Crippen molar-refractivity contribution in [1.29, 1.82) is 0 Å². The lowest BCUT2D eigenvalue weighted by Gasteiger charge is -2.12. The zero-order valence-corrected chi connectivity index (χ0v) is 17.9. The number of amides is 1. The first kappa shape index (κ1) is 21.9. The van der Waals surface area contributed by atoms with Crippen LogP contribution in [0.25, 0.3) is 0 Å². The van der Waals surface area contributed by atoms with Gasteiger partial charge in [0.15, 0.2) is 5.16 Å². The van der Waals surface area contributed by atoms with Crippen LogP contribution in [0, 0.1) is 5.82 Å². The molecule has 3 rings (SSSR count). The Hall–Kier alpha value is -2.84. The fraction of sp³-hybridized carbons (Fsp3) is 0.190. The molecule has 1 amide bonds. The van der Waals surface area contributed by atoms with E-state index in [4.69, 9.17) is 21.1 Å². The molecular weight excluding hydrogens is 429 g/mol. The lowest BCUT2D eigenvalue weighted by molar-refractivity contribution is 0.0944. The molecule has 156 valence electrons. The van der Waals surface area contributed by atoms with Gasteiger partial charge in [0.2, 0.25) is 5.88 Å². The number of hydrogen-bond donors (Lipinski definition) is 1. The van der Waals surface area contributed by atoms with Crippen LogP contribution in [0.15, 0.2) is 53.8 Å². The van der Waals surface area contributed by atoms with Gasteiger partial charge in [-0.2, -0.15) is 4.98 Å². The van der Waals surface area contributed by atoms with Crippen molar-refractivity contribution in [3.63, 3.8) is 0 Å². The van der Waals surface area contributed by atoms with Gasteiger partial charge in [0, 0.05) is 12.7 Å². The number of nitrogens with one attached hydrogen (secondary N) is 1. The fourth-order valence-electron chi connectivity index (χ4n) is 2.55. The molecule has 0 aliphatic heterocycles. The number of halogens is 2. The predicted octanol–water partition coefficient (Wildman–Crippen LogP) is 4.51. The maximum Gasteiger partial charge on any atom is 0.258 e. The van der Waals surface area contributed by atoms with Gasteiger partial charge in [-0.3, -0.25) is 4.79 Å². The minimum atomic E-state index is -0.394. The van der Waals surface area contributed by atoms with Crippen LogP contribution in [-0.2, 0) is 13.2 Å². The molecule has 0 spiro atoms. The first-order chi connectivity index (χ1) is 14.5. The third kappa shape index (κ3) is 5.61. The number of thioether (sulfide) groups is 1. The first-order valence-electron chi connectivity index (χ1n) is 8.89. The van der Waals surface area contributed by atoms with Gasteiger partial charge >= 0.3 is 0 Å². The molecule has 0 radical (unpaired) electrons. The summed E-state index contributed by atoms with van der Waals surface area (Å²) in [6.45, 7) is 0.393. The van der Waals surface area contributed by atoms with E-state index in [2.05, 4.69) is 15.3 Å². The molecule has 0 fully saturated rings. The second kappa shape index (κ2) is 10.3. The third-order valence-electron chi connectivity index (χ3n) is 4.12. The number of carbonyl (C=O) groups is 1. The molecule has 1 aromatic heterocycles. The van der Waals surface area contributed by atoms with Crippen molar-refractivity contribution in [2.75, 3.05) is 13.4 Å². The van der Waals surface area contributed by atoms with Crippen molar-refractivity contribution in [2.45, 2.75) is 18.3 Å². The first-order valence-corrected chi connectivity index (χ1v) is 10.5. The second-order valence-electron chi connectivity index (χ2n) is 6.14. The summed E-state index contributed by atoms with van der Waals surface area (Å²) >= 11 is 7.49. The summed E-state index contributed by atoms with van der Waals surface area (Å²) in [7, 11) is 1.54. The van der Waals surface area contributed by atoms with Crippen molar-refractivity contribution in [1.82, 2.24) is 15.3 Å². The number of rotatable bonds is 8. The molecule has 9 heteroatoms. The largest absolute Gasteiger partial charge is 0.495 e. The molecule has 1 N–H and O–H groups in total. The minimum Gasteiger partial charge on any atom is -0.495 e. The fourth-order valence-corrected chi connectivity index (χ4v) is 3.16. The summed E-state index contributed by atoms with van der Waals surface area (Å²) in [4.78, 5) is 21.1. The van der Waals surface area contributed by atoms with E-state index in [9.17, 15) is 9.18 Å². The van der Waals surface area contributed by atoms with Gasteiger partial charge in [-0.15, -0.1) is 0 Å². The van der Waals surface area contributed by atoms with E-state index < -0.39 is 5.91 Å². The van der Waals surface area contributed by atoms with E-state index in [1.807, 2.05) is 12.3 Å². The van der Waals surface area contributed by atoms with Crippen LogP contribution in [0.5, 0.6) is 11.6 Å². The lowest BCUT2D eigenvalue weighted by Crippen LogP contribution is -2.24. The number of carbonyl (C=O) groups excluding carboxylic acids is 1. The Morgan fingerprint density at radius 2 is 1.93 bits per heavy atom. The highest BCUT2D eigenvalue weighted by Crippen LogP contribution is 2.26. The Kier molecular flexibility index (Phi) is 7.48. The van der Waals surface area contributed by atoms with E-state index in [1.54, 1.807) is 31.4 Å². The summed E-state index contributed by atoms with van der Waals surface area (Å²) in [5.41, 5.74) is 1.76. The maximum atomic E-state index is 13.0. The number of ether oxygens (including phenoxy) is 2. The molecule has 0 aliphatic carbocycles. The monoisotopic (exact) mass is 447 g/mol. The van der Waals surface area contributed by atoms with Crippen molar-refractivity contribution in [3.8, 4) is 11.6 Å². The quantitative estimate of drug-likeness (QED) is 0.404. The van der Waals surface area contributed by atoms with E-state index in [-0.39, 0.29) is 30.4 Å². The summed E-state index contributed by atoms with van der Waals surface area (Å²) in [5.74, 6) is 0.000993. The molecule has 0 bridgehead atoms. The van der Waals surface area contributed by atoms with Crippen LogP contribution < -0.4 is 14.8 Å². The molecule has 0 aliphatic rings. The average molecular weight is 448 g/mol.